The van der Waals surface area contributed by atoms with E-state index in [-0.39, 0.29) is 0 Å². The smallest absolute Gasteiger partial charge is 0.148 e. The zero-order chi connectivity index (χ0) is 12.1. The van der Waals surface area contributed by atoms with Crippen LogP contribution in [0.3, 0.4) is 0 Å². The highest BCUT2D eigenvalue weighted by Gasteiger charge is 1.97. The summed E-state index contributed by atoms with van der Waals surface area (Å²) in [7, 11) is 0. The van der Waals surface area contributed by atoms with E-state index >= 15 is 0 Å². The lowest BCUT2D eigenvalue weighted by Gasteiger charge is -2.06. The van der Waals surface area contributed by atoms with Crippen LogP contribution in [0.5, 0.6) is 0 Å². The summed E-state index contributed by atoms with van der Waals surface area (Å²) in [5, 5.41) is 11.3. The molecule has 0 saturated carbocycles. The number of nitrogens with zero attached hydrogens (tertiary/aromatic N) is 2. The molecule has 1 aromatic carbocycles. The van der Waals surface area contributed by atoms with Gasteiger partial charge in [0.05, 0.1) is 5.69 Å². The van der Waals surface area contributed by atoms with Crippen LogP contribution in [0.4, 0.5) is 5.82 Å². The average molecular weight is 228 g/mol. The van der Waals surface area contributed by atoms with Crippen molar-refractivity contribution in [3.05, 3.63) is 53.2 Å². The molecule has 0 fully saturated rings. The summed E-state index contributed by atoms with van der Waals surface area (Å²) in [5.74, 6) is 0.786. The first-order valence-corrected chi connectivity index (χ1v) is 5.60. The molecule has 4 nitrogen and oxygen atoms in total. The van der Waals surface area contributed by atoms with Gasteiger partial charge < -0.3 is 11.1 Å². The lowest BCUT2D eigenvalue weighted by atomic mass is 10.1. The van der Waals surface area contributed by atoms with Gasteiger partial charge in [0.2, 0.25) is 0 Å². The predicted molar refractivity (Wildman–Crippen MR) is 68.4 cm³/mol. The van der Waals surface area contributed by atoms with Crippen molar-refractivity contribution >= 4 is 5.82 Å². The Morgan fingerprint density at radius 2 is 1.94 bits per heavy atom. The molecule has 2 aromatic rings. The van der Waals surface area contributed by atoms with E-state index < -0.39 is 0 Å². The van der Waals surface area contributed by atoms with Crippen LogP contribution in [0.1, 0.15) is 16.8 Å². The second kappa shape index (κ2) is 5.41. The van der Waals surface area contributed by atoms with Gasteiger partial charge in [0, 0.05) is 13.1 Å². The minimum atomic E-state index is 0.568. The Morgan fingerprint density at radius 3 is 2.65 bits per heavy atom. The molecule has 0 unspecified atom stereocenters. The molecule has 1 heterocycles. The van der Waals surface area contributed by atoms with Crippen molar-refractivity contribution in [2.24, 2.45) is 5.73 Å². The SMILES string of the molecule is Cc1ccc(NCc2cccc(CN)c2)nn1. The van der Waals surface area contributed by atoms with E-state index in [1.807, 2.05) is 31.2 Å². The summed E-state index contributed by atoms with van der Waals surface area (Å²) in [6, 6.07) is 12.1. The van der Waals surface area contributed by atoms with Crippen molar-refractivity contribution < 1.29 is 0 Å². The van der Waals surface area contributed by atoms with Crippen molar-refractivity contribution in [3.63, 3.8) is 0 Å². The maximum Gasteiger partial charge on any atom is 0.148 e. The van der Waals surface area contributed by atoms with Crippen LogP contribution in [-0.2, 0) is 13.1 Å². The first-order valence-electron chi connectivity index (χ1n) is 5.60. The largest absolute Gasteiger partial charge is 0.365 e. The van der Waals surface area contributed by atoms with Gasteiger partial charge in [0.1, 0.15) is 5.82 Å². The Hall–Kier alpha value is -1.94. The van der Waals surface area contributed by atoms with Gasteiger partial charge in [-0.05, 0) is 30.2 Å². The molecule has 1 aromatic heterocycles. The molecule has 0 aliphatic rings. The van der Waals surface area contributed by atoms with E-state index in [1.165, 1.54) is 5.56 Å². The molecular weight excluding hydrogens is 212 g/mol. The summed E-state index contributed by atoms with van der Waals surface area (Å²) in [4.78, 5) is 0. The van der Waals surface area contributed by atoms with Crippen LogP contribution in [0.2, 0.25) is 0 Å². The summed E-state index contributed by atoms with van der Waals surface area (Å²) >= 11 is 0. The summed E-state index contributed by atoms with van der Waals surface area (Å²) in [6.07, 6.45) is 0. The van der Waals surface area contributed by atoms with Crippen molar-refractivity contribution in [3.8, 4) is 0 Å². The highest BCUT2D eigenvalue weighted by molar-refractivity contribution is 5.35. The molecule has 3 N–H and O–H groups in total. The topological polar surface area (TPSA) is 63.8 Å². The lowest BCUT2D eigenvalue weighted by Crippen LogP contribution is -2.04. The Balaban J connectivity index is 1.99. The fourth-order valence-corrected chi connectivity index (χ4v) is 1.55. The normalized spacial score (nSPS) is 10.2. The van der Waals surface area contributed by atoms with E-state index in [4.69, 9.17) is 5.73 Å². The molecule has 0 atom stereocenters. The second-order valence-corrected chi connectivity index (χ2v) is 3.94. The van der Waals surface area contributed by atoms with Gasteiger partial charge in [-0.3, -0.25) is 0 Å². The van der Waals surface area contributed by atoms with Crippen LogP contribution in [-0.4, -0.2) is 10.2 Å². The standard InChI is InChI=1S/C13H16N4/c1-10-5-6-13(17-16-10)15-9-12-4-2-3-11(7-12)8-14/h2-7H,8-9,14H2,1H3,(H,15,17). The molecule has 17 heavy (non-hydrogen) atoms. The number of aryl methyl sites for hydroxylation is 1. The van der Waals surface area contributed by atoms with Crippen molar-refractivity contribution in [1.82, 2.24) is 10.2 Å². The average Bonchev–Trinajstić information content (AvgIpc) is 2.38. The van der Waals surface area contributed by atoms with Crippen LogP contribution in [0.25, 0.3) is 0 Å². The molecular formula is C13H16N4. The number of nitrogens with one attached hydrogen (secondary N) is 1. The van der Waals surface area contributed by atoms with Crippen molar-refractivity contribution in [2.45, 2.75) is 20.0 Å². The van der Waals surface area contributed by atoms with Crippen molar-refractivity contribution in [1.29, 1.82) is 0 Å². The molecule has 0 spiro atoms. The zero-order valence-electron chi connectivity index (χ0n) is 9.85. The summed E-state index contributed by atoms with van der Waals surface area (Å²) < 4.78 is 0. The number of nitrogens with two attached hydrogens (primary N) is 1. The van der Waals surface area contributed by atoms with Gasteiger partial charge in [-0.2, -0.15) is 5.10 Å². The molecule has 0 amide bonds. The third-order valence-electron chi connectivity index (χ3n) is 2.50. The highest BCUT2D eigenvalue weighted by atomic mass is 15.2. The minimum absolute atomic E-state index is 0.568. The first kappa shape index (κ1) is 11.5. The van der Waals surface area contributed by atoms with Gasteiger partial charge in [-0.1, -0.05) is 24.3 Å². The zero-order valence-corrected chi connectivity index (χ0v) is 9.85. The number of hydrogen-bond acceptors (Lipinski definition) is 4. The van der Waals surface area contributed by atoms with E-state index in [0.717, 1.165) is 23.6 Å². The Morgan fingerprint density at radius 1 is 1.12 bits per heavy atom. The van der Waals surface area contributed by atoms with Crippen LogP contribution in [0.15, 0.2) is 36.4 Å². The summed E-state index contributed by atoms with van der Waals surface area (Å²) in [6.45, 7) is 3.21. The molecule has 0 saturated heterocycles. The first-order chi connectivity index (χ1) is 8.28. The Bertz CT molecular complexity index is 479. The van der Waals surface area contributed by atoms with Gasteiger partial charge in [-0.15, -0.1) is 5.10 Å². The maximum absolute atomic E-state index is 5.60. The molecule has 0 radical (unpaired) electrons. The molecule has 0 aliphatic heterocycles. The third-order valence-corrected chi connectivity index (χ3v) is 2.50. The summed E-state index contributed by atoms with van der Waals surface area (Å²) in [5.41, 5.74) is 8.85. The third kappa shape index (κ3) is 3.26. The van der Waals surface area contributed by atoms with E-state index in [2.05, 4.69) is 27.6 Å². The quantitative estimate of drug-likeness (QED) is 0.838. The lowest BCUT2D eigenvalue weighted by molar-refractivity contribution is 0.961. The van der Waals surface area contributed by atoms with Crippen molar-refractivity contribution in [2.75, 3.05) is 5.32 Å². The second-order valence-electron chi connectivity index (χ2n) is 3.94. The molecule has 4 heteroatoms. The number of benzene rings is 1. The monoisotopic (exact) mass is 228 g/mol. The molecule has 2 rings (SSSR count). The fourth-order valence-electron chi connectivity index (χ4n) is 1.55. The minimum Gasteiger partial charge on any atom is -0.365 e. The maximum atomic E-state index is 5.60. The predicted octanol–water partition coefficient (Wildman–Crippen LogP) is 1.86. The Labute approximate surface area is 101 Å². The Kier molecular flexibility index (Phi) is 3.67. The number of anilines is 1. The molecule has 0 aliphatic carbocycles. The van der Waals surface area contributed by atoms with Crippen LogP contribution >= 0.6 is 0 Å². The fraction of sp³-hybridized carbons (Fsp3) is 0.231. The van der Waals surface area contributed by atoms with Gasteiger partial charge >= 0.3 is 0 Å². The highest BCUT2D eigenvalue weighted by Crippen LogP contribution is 2.08. The molecule has 88 valence electrons. The van der Waals surface area contributed by atoms with E-state index in [9.17, 15) is 0 Å². The van der Waals surface area contributed by atoms with Crippen LogP contribution in [0, 0.1) is 6.92 Å². The van der Waals surface area contributed by atoms with Gasteiger partial charge in [0.15, 0.2) is 0 Å². The van der Waals surface area contributed by atoms with E-state index in [0.29, 0.717) is 6.54 Å². The number of hydrogen-bond donors (Lipinski definition) is 2. The number of rotatable bonds is 4. The van der Waals surface area contributed by atoms with Gasteiger partial charge in [0.25, 0.3) is 0 Å². The van der Waals surface area contributed by atoms with Crippen LogP contribution < -0.4 is 11.1 Å². The van der Waals surface area contributed by atoms with E-state index in [1.54, 1.807) is 0 Å². The molecule has 0 bridgehead atoms. The van der Waals surface area contributed by atoms with Gasteiger partial charge in [-0.25, -0.2) is 0 Å². The number of aromatic nitrogens is 2.